The van der Waals surface area contributed by atoms with Crippen molar-refractivity contribution in [1.82, 2.24) is 5.32 Å². The number of carboxylic acid groups (broad SMARTS) is 1. The lowest BCUT2D eigenvalue weighted by molar-refractivity contribution is -0.151. The zero-order valence-corrected chi connectivity index (χ0v) is 14.1. The minimum Gasteiger partial charge on any atom is -0.480 e. The van der Waals surface area contributed by atoms with E-state index in [2.05, 4.69) is 5.32 Å². The van der Waals surface area contributed by atoms with E-state index in [0.29, 0.717) is 0 Å². The average Bonchev–Trinajstić information content (AvgIpc) is 2.42. The number of nitrogens with one attached hydrogen (secondary N) is 1. The van der Waals surface area contributed by atoms with E-state index in [0.717, 1.165) is 32.1 Å². The second-order valence-electron chi connectivity index (χ2n) is 6.83. The van der Waals surface area contributed by atoms with Gasteiger partial charge in [0, 0.05) is 6.42 Å². The van der Waals surface area contributed by atoms with Gasteiger partial charge in [0.1, 0.15) is 17.7 Å². The van der Waals surface area contributed by atoms with Crippen molar-refractivity contribution >= 4 is 18.0 Å². The van der Waals surface area contributed by atoms with Gasteiger partial charge in [-0.05, 0) is 52.9 Å². The highest BCUT2D eigenvalue weighted by atomic mass is 16.6. The molecular formula is C16H27NO6. The second kappa shape index (κ2) is 8.74. The Balaban J connectivity index is 2.38. The van der Waals surface area contributed by atoms with E-state index in [1.165, 1.54) is 0 Å². The Bertz CT molecular complexity index is 423. The molecule has 0 spiro atoms. The second-order valence-corrected chi connectivity index (χ2v) is 6.83. The standard InChI is InChI=1S/C16H27NO6/c1-16(2,3)23-15(21)17-12(14(19)20)9-10-13(18)22-11-7-5-4-6-8-11/h11-12H,4-10H2,1-3H3,(H,17,21)(H,19,20)/t12-/m0/s1. The maximum absolute atomic E-state index is 11.8. The van der Waals surface area contributed by atoms with E-state index in [-0.39, 0.29) is 18.9 Å². The largest absolute Gasteiger partial charge is 0.480 e. The van der Waals surface area contributed by atoms with Crippen LogP contribution < -0.4 is 5.32 Å². The molecule has 23 heavy (non-hydrogen) atoms. The van der Waals surface area contributed by atoms with Crippen molar-refractivity contribution in [1.29, 1.82) is 0 Å². The molecule has 1 atom stereocenters. The molecule has 1 fully saturated rings. The number of rotatable bonds is 6. The first kappa shape index (κ1) is 19.3. The van der Waals surface area contributed by atoms with E-state index in [1.807, 2.05) is 0 Å². The fourth-order valence-electron chi connectivity index (χ4n) is 2.40. The van der Waals surface area contributed by atoms with Crippen LogP contribution in [0.1, 0.15) is 65.7 Å². The van der Waals surface area contributed by atoms with Crippen LogP contribution in [0.25, 0.3) is 0 Å². The summed E-state index contributed by atoms with van der Waals surface area (Å²) in [5.41, 5.74) is -0.715. The van der Waals surface area contributed by atoms with Crippen LogP contribution in [0.3, 0.4) is 0 Å². The number of hydrogen-bond donors (Lipinski definition) is 2. The predicted octanol–water partition coefficient (Wildman–Crippen LogP) is 2.62. The molecule has 1 rings (SSSR count). The van der Waals surface area contributed by atoms with Crippen LogP contribution in [0.4, 0.5) is 4.79 Å². The molecule has 0 heterocycles. The summed E-state index contributed by atoms with van der Waals surface area (Å²) < 4.78 is 10.3. The molecule has 1 amide bonds. The average molecular weight is 329 g/mol. The van der Waals surface area contributed by atoms with Crippen LogP contribution in [0, 0.1) is 0 Å². The van der Waals surface area contributed by atoms with Crippen molar-refractivity contribution in [2.24, 2.45) is 0 Å². The van der Waals surface area contributed by atoms with Crippen LogP contribution in [-0.4, -0.2) is 40.9 Å². The summed E-state index contributed by atoms with van der Waals surface area (Å²) in [5.74, 6) is -1.63. The lowest BCUT2D eigenvalue weighted by atomic mass is 9.98. The van der Waals surface area contributed by atoms with Gasteiger partial charge >= 0.3 is 18.0 Å². The smallest absolute Gasteiger partial charge is 0.408 e. The van der Waals surface area contributed by atoms with Crippen LogP contribution in [0.15, 0.2) is 0 Å². The van der Waals surface area contributed by atoms with E-state index in [9.17, 15) is 14.4 Å². The van der Waals surface area contributed by atoms with Crippen LogP contribution >= 0.6 is 0 Å². The number of aliphatic carboxylic acids is 1. The molecule has 0 aliphatic heterocycles. The first-order valence-corrected chi connectivity index (χ1v) is 8.09. The number of amides is 1. The molecule has 1 aliphatic carbocycles. The third-order valence-corrected chi connectivity index (χ3v) is 3.48. The van der Waals surface area contributed by atoms with E-state index >= 15 is 0 Å². The Morgan fingerprint density at radius 3 is 2.30 bits per heavy atom. The Morgan fingerprint density at radius 2 is 1.78 bits per heavy atom. The summed E-state index contributed by atoms with van der Waals surface area (Å²) in [6.07, 6.45) is 4.04. The van der Waals surface area contributed by atoms with Crippen LogP contribution in [0.5, 0.6) is 0 Å². The van der Waals surface area contributed by atoms with Gasteiger partial charge in [0.05, 0.1) is 0 Å². The lowest BCUT2D eigenvalue weighted by Gasteiger charge is -2.23. The first-order valence-electron chi connectivity index (χ1n) is 8.09. The highest BCUT2D eigenvalue weighted by Gasteiger charge is 2.25. The molecule has 1 aliphatic rings. The van der Waals surface area contributed by atoms with Gasteiger partial charge in [-0.2, -0.15) is 0 Å². The zero-order chi connectivity index (χ0) is 17.5. The fourth-order valence-corrected chi connectivity index (χ4v) is 2.40. The molecule has 2 N–H and O–H groups in total. The zero-order valence-electron chi connectivity index (χ0n) is 14.1. The molecule has 1 saturated carbocycles. The van der Waals surface area contributed by atoms with Crippen molar-refractivity contribution in [3.63, 3.8) is 0 Å². The third-order valence-electron chi connectivity index (χ3n) is 3.48. The SMILES string of the molecule is CC(C)(C)OC(=O)N[C@@H](CCC(=O)OC1CCCCC1)C(=O)O. The van der Waals surface area contributed by atoms with E-state index in [1.54, 1.807) is 20.8 Å². The molecule has 132 valence electrons. The molecule has 7 heteroatoms. The summed E-state index contributed by atoms with van der Waals surface area (Å²) >= 11 is 0. The predicted molar refractivity (Wildman–Crippen MR) is 83.0 cm³/mol. The molecule has 7 nitrogen and oxygen atoms in total. The van der Waals surface area contributed by atoms with Crippen LogP contribution in [-0.2, 0) is 19.1 Å². The Kier molecular flexibility index (Phi) is 7.32. The molecule has 0 radical (unpaired) electrons. The molecule has 0 bridgehead atoms. The fraction of sp³-hybridized carbons (Fsp3) is 0.812. The van der Waals surface area contributed by atoms with Crippen molar-refractivity contribution in [3.8, 4) is 0 Å². The summed E-state index contributed by atoms with van der Waals surface area (Å²) in [4.78, 5) is 34.6. The number of ether oxygens (including phenoxy) is 2. The van der Waals surface area contributed by atoms with Gasteiger partial charge in [0.15, 0.2) is 0 Å². The Hall–Kier alpha value is -1.79. The summed E-state index contributed by atoms with van der Waals surface area (Å²) in [5, 5.41) is 11.4. The number of hydrogen-bond acceptors (Lipinski definition) is 5. The van der Waals surface area contributed by atoms with Gasteiger partial charge < -0.3 is 19.9 Å². The maximum atomic E-state index is 11.8. The van der Waals surface area contributed by atoms with E-state index < -0.39 is 29.7 Å². The van der Waals surface area contributed by atoms with Crippen molar-refractivity contribution in [2.75, 3.05) is 0 Å². The Labute approximate surface area is 136 Å². The van der Waals surface area contributed by atoms with Gasteiger partial charge in [-0.1, -0.05) is 6.42 Å². The minimum atomic E-state index is -1.21. The number of esters is 1. The summed E-state index contributed by atoms with van der Waals surface area (Å²) in [6.45, 7) is 5.05. The molecule has 0 aromatic rings. The lowest BCUT2D eigenvalue weighted by Crippen LogP contribution is -2.43. The van der Waals surface area contributed by atoms with Crippen molar-refractivity contribution < 1.29 is 29.0 Å². The summed E-state index contributed by atoms with van der Waals surface area (Å²) in [6, 6.07) is -1.18. The highest BCUT2D eigenvalue weighted by Crippen LogP contribution is 2.21. The first-order chi connectivity index (χ1) is 10.7. The number of carboxylic acids is 1. The minimum absolute atomic E-state index is 0.0276. The van der Waals surface area contributed by atoms with Gasteiger partial charge in [-0.15, -0.1) is 0 Å². The molecule has 0 saturated heterocycles. The monoisotopic (exact) mass is 329 g/mol. The molecule has 0 aromatic carbocycles. The molecule has 0 aromatic heterocycles. The quantitative estimate of drug-likeness (QED) is 0.726. The number of carbonyl (C=O) groups is 3. The highest BCUT2D eigenvalue weighted by molar-refractivity contribution is 5.80. The van der Waals surface area contributed by atoms with Crippen molar-refractivity contribution in [2.45, 2.75) is 83.5 Å². The van der Waals surface area contributed by atoms with Gasteiger partial charge in [0.25, 0.3) is 0 Å². The van der Waals surface area contributed by atoms with Gasteiger partial charge in [0.2, 0.25) is 0 Å². The number of carbonyl (C=O) groups excluding carboxylic acids is 2. The molecular weight excluding hydrogens is 302 g/mol. The van der Waals surface area contributed by atoms with Gasteiger partial charge in [-0.3, -0.25) is 4.79 Å². The van der Waals surface area contributed by atoms with Crippen LogP contribution in [0.2, 0.25) is 0 Å². The summed E-state index contributed by atoms with van der Waals surface area (Å²) in [7, 11) is 0. The van der Waals surface area contributed by atoms with Gasteiger partial charge in [-0.25, -0.2) is 9.59 Å². The topological polar surface area (TPSA) is 102 Å². The maximum Gasteiger partial charge on any atom is 0.408 e. The molecule has 0 unspecified atom stereocenters. The normalized spacial score (nSPS) is 17.2. The van der Waals surface area contributed by atoms with Crippen molar-refractivity contribution in [3.05, 3.63) is 0 Å². The third kappa shape index (κ3) is 8.42. The Morgan fingerprint density at radius 1 is 1.17 bits per heavy atom. The number of alkyl carbamates (subject to hydrolysis) is 1. The van der Waals surface area contributed by atoms with E-state index in [4.69, 9.17) is 14.6 Å².